The normalized spacial score (nSPS) is 22.6. The summed E-state index contributed by atoms with van der Waals surface area (Å²) in [5, 5.41) is 3.49. The van der Waals surface area contributed by atoms with Gasteiger partial charge in [-0.2, -0.15) is 0 Å². The molecule has 2 rings (SSSR count). The minimum Gasteiger partial charge on any atom is -0.314 e. The van der Waals surface area contributed by atoms with Crippen LogP contribution in [-0.4, -0.2) is 32.5 Å². The van der Waals surface area contributed by atoms with Crippen molar-refractivity contribution in [1.29, 1.82) is 0 Å². The molecule has 0 spiro atoms. The monoisotopic (exact) mass is 309 g/mol. The van der Waals surface area contributed by atoms with Gasteiger partial charge in [0, 0.05) is 6.04 Å². The summed E-state index contributed by atoms with van der Waals surface area (Å²) in [6.07, 6.45) is 1.78. The fourth-order valence-corrected chi connectivity index (χ4v) is 5.05. The zero-order valence-corrected chi connectivity index (χ0v) is 14.1. The molecule has 1 heterocycles. The first-order chi connectivity index (χ1) is 9.85. The molecular weight excluding hydrogens is 282 g/mol. The maximum atomic E-state index is 11.8. The van der Waals surface area contributed by atoms with Crippen molar-refractivity contribution >= 4 is 9.84 Å². The first-order valence-corrected chi connectivity index (χ1v) is 9.67. The van der Waals surface area contributed by atoms with Gasteiger partial charge < -0.3 is 5.32 Å². The van der Waals surface area contributed by atoms with E-state index in [2.05, 4.69) is 50.4 Å². The smallest absolute Gasteiger partial charge is 0.150 e. The molecule has 1 aromatic rings. The van der Waals surface area contributed by atoms with Crippen LogP contribution in [0.3, 0.4) is 0 Å². The quantitative estimate of drug-likeness (QED) is 0.878. The van der Waals surface area contributed by atoms with Crippen molar-refractivity contribution in [3.8, 4) is 0 Å². The van der Waals surface area contributed by atoms with Gasteiger partial charge in [-0.3, -0.25) is 0 Å². The highest BCUT2D eigenvalue weighted by atomic mass is 32.2. The standard InChI is InChI=1S/C17H27NO2S/c1-13(2)18-11-17(16-7-8-21(19,20)12-16)10-15-6-4-5-14(3)9-15/h4-6,9,13,16-18H,7-8,10-12H2,1-3H3. The van der Waals surface area contributed by atoms with Gasteiger partial charge in [0.05, 0.1) is 11.5 Å². The van der Waals surface area contributed by atoms with Gasteiger partial charge >= 0.3 is 0 Å². The zero-order chi connectivity index (χ0) is 15.5. The molecule has 0 saturated carbocycles. The third-order valence-corrected chi connectivity index (χ3v) is 6.10. The first-order valence-electron chi connectivity index (χ1n) is 7.85. The van der Waals surface area contributed by atoms with Crippen LogP contribution in [0.5, 0.6) is 0 Å². The molecule has 0 aliphatic carbocycles. The fourth-order valence-electron chi connectivity index (χ4n) is 3.13. The number of rotatable bonds is 6. The first kappa shape index (κ1) is 16.5. The van der Waals surface area contributed by atoms with E-state index in [4.69, 9.17) is 0 Å². The van der Waals surface area contributed by atoms with E-state index < -0.39 is 9.84 Å². The Morgan fingerprint density at radius 3 is 2.67 bits per heavy atom. The average Bonchev–Trinajstić information content (AvgIpc) is 2.74. The minimum atomic E-state index is -2.81. The van der Waals surface area contributed by atoms with Crippen LogP contribution >= 0.6 is 0 Å². The molecule has 4 heteroatoms. The van der Waals surface area contributed by atoms with E-state index in [1.54, 1.807) is 0 Å². The molecule has 2 atom stereocenters. The van der Waals surface area contributed by atoms with E-state index in [0.29, 0.717) is 29.4 Å². The molecule has 1 N–H and O–H groups in total. The SMILES string of the molecule is Cc1cccc(CC(CNC(C)C)C2CCS(=O)(=O)C2)c1. The molecule has 0 bridgehead atoms. The van der Waals surface area contributed by atoms with Crippen LogP contribution in [0.25, 0.3) is 0 Å². The number of hydrogen-bond acceptors (Lipinski definition) is 3. The number of nitrogens with one attached hydrogen (secondary N) is 1. The number of aryl methyl sites for hydroxylation is 1. The Kier molecular flexibility index (Phi) is 5.44. The Bertz CT molecular complexity index is 566. The maximum absolute atomic E-state index is 11.8. The second-order valence-electron chi connectivity index (χ2n) is 6.68. The Morgan fingerprint density at radius 1 is 1.33 bits per heavy atom. The molecule has 1 fully saturated rings. The Balaban J connectivity index is 2.08. The van der Waals surface area contributed by atoms with Gasteiger partial charge in [0.2, 0.25) is 0 Å². The summed E-state index contributed by atoms with van der Waals surface area (Å²) in [5.41, 5.74) is 2.58. The van der Waals surface area contributed by atoms with Crippen LogP contribution in [-0.2, 0) is 16.3 Å². The fraction of sp³-hybridized carbons (Fsp3) is 0.647. The summed E-state index contributed by atoms with van der Waals surface area (Å²) in [4.78, 5) is 0. The van der Waals surface area contributed by atoms with Crippen LogP contribution in [0.1, 0.15) is 31.4 Å². The lowest BCUT2D eigenvalue weighted by molar-refractivity contribution is 0.333. The van der Waals surface area contributed by atoms with E-state index >= 15 is 0 Å². The van der Waals surface area contributed by atoms with Crippen molar-refractivity contribution in [3.05, 3.63) is 35.4 Å². The summed E-state index contributed by atoms with van der Waals surface area (Å²) in [6, 6.07) is 8.99. The topological polar surface area (TPSA) is 46.2 Å². The highest BCUT2D eigenvalue weighted by Gasteiger charge is 2.33. The van der Waals surface area contributed by atoms with E-state index in [1.165, 1.54) is 11.1 Å². The number of sulfone groups is 1. The third-order valence-electron chi connectivity index (χ3n) is 4.30. The predicted molar refractivity (Wildman–Crippen MR) is 88.3 cm³/mol. The highest BCUT2D eigenvalue weighted by Crippen LogP contribution is 2.28. The summed E-state index contributed by atoms with van der Waals surface area (Å²) < 4.78 is 23.5. The largest absolute Gasteiger partial charge is 0.314 e. The molecule has 1 saturated heterocycles. The number of hydrogen-bond donors (Lipinski definition) is 1. The maximum Gasteiger partial charge on any atom is 0.150 e. The molecular formula is C17H27NO2S. The van der Waals surface area contributed by atoms with Crippen LogP contribution in [0.15, 0.2) is 24.3 Å². The van der Waals surface area contributed by atoms with Crippen molar-refractivity contribution < 1.29 is 8.42 Å². The van der Waals surface area contributed by atoms with E-state index in [9.17, 15) is 8.42 Å². The molecule has 1 aliphatic heterocycles. The molecule has 118 valence electrons. The summed E-state index contributed by atoms with van der Waals surface area (Å²) in [7, 11) is -2.81. The second kappa shape index (κ2) is 6.93. The van der Waals surface area contributed by atoms with E-state index in [1.807, 2.05) is 0 Å². The van der Waals surface area contributed by atoms with Crippen molar-refractivity contribution in [2.24, 2.45) is 11.8 Å². The third kappa shape index (κ3) is 5.11. The molecule has 0 radical (unpaired) electrons. The van der Waals surface area contributed by atoms with Gasteiger partial charge in [-0.25, -0.2) is 8.42 Å². The number of benzene rings is 1. The highest BCUT2D eigenvalue weighted by molar-refractivity contribution is 7.91. The Hall–Kier alpha value is -0.870. The van der Waals surface area contributed by atoms with Gasteiger partial charge in [-0.05, 0) is 43.7 Å². The van der Waals surface area contributed by atoms with Gasteiger partial charge in [-0.15, -0.1) is 0 Å². The van der Waals surface area contributed by atoms with Gasteiger partial charge in [0.1, 0.15) is 0 Å². The second-order valence-corrected chi connectivity index (χ2v) is 8.91. The molecule has 0 aromatic heterocycles. The lowest BCUT2D eigenvalue weighted by Gasteiger charge is -2.24. The van der Waals surface area contributed by atoms with Crippen LogP contribution in [0.4, 0.5) is 0 Å². The Labute approximate surface area is 129 Å². The summed E-state index contributed by atoms with van der Waals surface area (Å²) in [5.74, 6) is 1.42. The average molecular weight is 309 g/mol. The summed E-state index contributed by atoms with van der Waals surface area (Å²) in [6.45, 7) is 7.26. The van der Waals surface area contributed by atoms with Gasteiger partial charge in [0.25, 0.3) is 0 Å². The molecule has 2 unspecified atom stereocenters. The van der Waals surface area contributed by atoms with Crippen LogP contribution < -0.4 is 5.32 Å². The molecule has 0 amide bonds. The Morgan fingerprint density at radius 2 is 2.10 bits per heavy atom. The minimum absolute atomic E-state index is 0.293. The predicted octanol–water partition coefficient (Wildman–Crippen LogP) is 2.59. The molecule has 3 nitrogen and oxygen atoms in total. The van der Waals surface area contributed by atoms with E-state index in [-0.39, 0.29) is 0 Å². The van der Waals surface area contributed by atoms with E-state index in [0.717, 1.165) is 19.4 Å². The lowest BCUT2D eigenvalue weighted by Crippen LogP contribution is -2.34. The van der Waals surface area contributed by atoms with Crippen molar-refractivity contribution in [3.63, 3.8) is 0 Å². The molecule has 1 aromatic carbocycles. The van der Waals surface area contributed by atoms with Crippen LogP contribution in [0.2, 0.25) is 0 Å². The van der Waals surface area contributed by atoms with Gasteiger partial charge in [0.15, 0.2) is 9.84 Å². The van der Waals surface area contributed by atoms with Crippen molar-refractivity contribution in [2.75, 3.05) is 18.1 Å². The van der Waals surface area contributed by atoms with Gasteiger partial charge in [-0.1, -0.05) is 43.7 Å². The zero-order valence-electron chi connectivity index (χ0n) is 13.3. The summed E-state index contributed by atoms with van der Waals surface area (Å²) >= 11 is 0. The lowest BCUT2D eigenvalue weighted by atomic mass is 9.86. The molecule has 21 heavy (non-hydrogen) atoms. The molecule has 1 aliphatic rings. The van der Waals surface area contributed by atoms with Crippen LogP contribution in [0, 0.1) is 18.8 Å². The van der Waals surface area contributed by atoms with Crippen molar-refractivity contribution in [1.82, 2.24) is 5.32 Å². The van der Waals surface area contributed by atoms with Crippen molar-refractivity contribution in [2.45, 2.75) is 39.7 Å².